The van der Waals surface area contributed by atoms with E-state index >= 15 is 0 Å². The molecule has 0 aliphatic heterocycles. The molecular weight excluding hydrogens is 264 g/mol. The zero-order valence-corrected chi connectivity index (χ0v) is 12.3. The maximum absolute atomic E-state index is 12.7. The van der Waals surface area contributed by atoms with Gasteiger partial charge in [-0.1, -0.05) is 18.9 Å². The molecule has 2 aromatic heterocycles. The number of aromatic nitrogens is 1. The maximum atomic E-state index is 12.7. The zero-order valence-electron chi connectivity index (χ0n) is 12.3. The molecule has 1 aliphatic rings. The van der Waals surface area contributed by atoms with Crippen molar-refractivity contribution in [2.45, 2.75) is 38.6 Å². The van der Waals surface area contributed by atoms with Crippen LogP contribution >= 0.6 is 0 Å². The van der Waals surface area contributed by atoms with E-state index in [0.717, 1.165) is 24.1 Å². The average Bonchev–Trinajstić information content (AvgIpc) is 3.12. The third kappa shape index (κ3) is 2.71. The number of hydrogen-bond acceptors (Lipinski definition) is 3. The van der Waals surface area contributed by atoms with E-state index < -0.39 is 0 Å². The fraction of sp³-hybridized carbons (Fsp3) is 0.412. The lowest BCUT2D eigenvalue weighted by Crippen LogP contribution is -2.38. The lowest BCUT2D eigenvalue weighted by Gasteiger charge is -2.26. The lowest BCUT2D eigenvalue weighted by atomic mass is 10.2. The summed E-state index contributed by atoms with van der Waals surface area (Å²) < 4.78 is 5.68. The van der Waals surface area contributed by atoms with Crippen molar-refractivity contribution < 1.29 is 9.21 Å². The lowest BCUT2D eigenvalue weighted by molar-refractivity contribution is 0.0676. The quantitative estimate of drug-likeness (QED) is 0.804. The molecule has 0 aromatic carbocycles. The largest absolute Gasteiger partial charge is 0.449 e. The number of hydrogen-bond donors (Lipinski definition) is 0. The molecule has 1 fully saturated rings. The van der Waals surface area contributed by atoms with Gasteiger partial charge in [-0.3, -0.25) is 4.79 Å². The summed E-state index contributed by atoms with van der Waals surface area (Å²) in [6.07, 6.45) is 6.29. The van der Waals surface area contributed by atoms with Crippen molar-refractivity contribution in [3.8, 4) is 0 Å². The van der Waals surface area contributed by atoms with Crippen LogP contribution in [0.15, 0.2) is 35.3 Å². The van der Waals surface area contributed by atoms with Crippen LogP contribution in [0.3, 0.4) is 0 Å². The number of carbonyl (C=O) groups excluding carboxylic acids is 1. The Balaban J connectivity index is 1.91. The van der Waals surface area contributed by atoms with E-state index in [1.807, 2.05) is 24.0 Å². The van der Waals surface area contributed by atoms with Crippen LogP contribution in [0.5, 0.6) is 0 Å². The Morgan fingerprint density at radius 3 is 2.95 bits per heavy atom. The number of amides is 1. The standard InChI is InChI=1S/C17H20N2O2/c1-3-10-19(13-6-4-5-7-13)17(20)16-11-14-15(21-16)9-8-12(2)18-14/h3,8-9,11,13H,1,4-7,10H2,2H3. The minimum absolute atomic E-state index is 0.0579. The first-order chi connectivity index (χ1) is 10.2. The second kappa shape index (κ2) is 5.72. The maximum Gasteiger partial charge on any atom is 0.290 e. The van der Waals surface area contributed by atoms with Crippen molar-refractivity contribution in [3.05, 3.63) is 42.3 Å². The van der Waals surface area contributed by atoms with Crippen LogP contribution in [0.25, 0.3) is 11.1 Å². The molecule has 1 aliphatic carbocycles. The fourth-order valence-electron chi connectivity index (χ4n) is 3.03. The average molecular weight is 284 g/mol. The third-order valence-corrected chi connectivity index (χ3v) is 4.08. The first kappa shape index (κ1) is 13.9. The molecule has 2 aromatic rings. The van der Waals surface area contributed by atoms with Gasteiger partial charge in [-0.05, 0) is 31.9 Å². The second-order valence-corrected chi connectivity index (χ2v) is 5.63. The molecule has 0 radical (unpaired) electrons. The predicted octanol–water partition coefficient (Wildman–Crippen LogP) is 3.71. The van der Waals surface area contributed by atoms with Crippen LogP contribution in [-0.4, -0.2) is 28.4 Å². The molecule has 2 heterocycles. The number of nitrogens with zero attached hydrogens (tertiary/aromatic N) is 2. The molecule has 0 bridgehead atoms. The molecular formula is C17H20N2O2. The Morgan fingerprint density at radius 2 is 2.24 bits per heavy atom. The van der Waals surface area contributed by atoms with Gasteiger partial charge in [-0.15, -0.1) is 6.58 Å². The molecule has 4 heteroatoms. The molecule has 0 saturated heterocycles. The Labute approximate surface area is 124 Å². The summed E-state index contributed by atoms with van der Waals surface area (Å²) in [6.45, 7) is 6.26. The highest BCUT2D eigenvalue weighted by molar-refractivity contribution is 5.95. The van der Waals surface area contributed by atoms with E-state index in [0.29, 0.717) is 23.9 Å². The van der Waals surface area contributed by atoms with Gasteiger partial charge >= 0.3 is 0 Å². The van der Waals surface area contributed by atoms with Crippen molar-refractivity contribution in [2.24, 2.45) is 0 Å². The van der Waals surface area contributed by atoms with Crippen molar-refractivity contribution in [3.63, 3.8) is 0 Å². The smallest absolute Gasteiger partial charge is 0.290 e. The summed E-state index contributed by atoms with van der Waals surface area (Å²) in [5, 5.41) is 0. The van der Waals surface area contributed by atoms with Gasteiger partial charge in [0.05, 0.1) is 0 Å². The van der Waals surface area contributed by atoms with Gasteiger partial charge in [0.1, 0.15) is 5.52 Å². The molecule has 0 N–H and O–H groups in total. The molecule has 110 valence electrons. The van der Waals surface area contributed by atoms with Crippen LogP contribution in [0.4, 0.5) is 0 Å². The topological polar surface area (TPSA) is 46.3 Å². The van der Waals surface area contributed by atoms with Crippen LogP contribution in [0.1, 0.15) is 41.9 Å². The molecule has 0 atom stereocenters. The third-order valence-electron chi connectivity index (χ3n) is 4.08. The zero-order chi connectivity index (χ0) is 14.8. The van der Waals surface area contributed by atoms with Gasteiger partial charge < -0.3 is 9.32 Å². The number of pyridine rings is 1. The first-order valence-corrected chi connectivity index (χ1v) is 7.48. The molecule has 21 heavy (non-hydrogen) atoms. The monoisotopic (exact) mass is 284 g/mol. The number of fused-ring (bicyclic) bond motifs is 1. The molecule has 4 nitrogen and oxygen atoms in total. The first-order valence-electron chi connectivity index (χ1n) is 7.48. The number of aryl methyl sites for hydroxylation is 1. The normalized spacial score (nSPS) is 15.5. The van der Waals surface area contributed by atoms with E-state index in [1.165, 1.54) is 12.8 Å². The van der Waals surface area contributed by atoms with Gasteiger partial charge in [0.15, 0.2) is 11.3 Å². The van der Waals surface area contributed by atoms with E-state index in [1.54, 1.807) is 12.1 Å². The van der Waals surface area contributed by atoms with Crippen LogP contribution in [0, 0.1) is 6.92 Å². The molecule has 1 saturated carbocycles. The summed E-state index contributed by atoms with van der Waals surface area (Å²) in [6, 6.07) is 5.80. The van der Waals surface area contributed by atoms with Gasteiger partial charge in [0.2, 0.25) is 0 Å². The summed E-state index contributed by atoms with van der Waals surface area (Å²) in [5.74, 6) is 0.314. The van der Waals surface area contributed by atoms with E-state index in [-0.39, 0.29) is 5.91 Å². The molecule has 0 spiro atoms. The minimum Gasteiger partial charge on any atom is -0.449 e. The van der Waals surface area contributed by atoms with Gasteiger partial charge in [-0.2, -0.15) is 0 Å². The molecule has 3 rings (SSSR count). The number of furan rings is 1. The highest BCUT2D eigenvalue weighted by Gasteiger charge is 2.28. The summed E-state index contributed by atoms with van der Waals surface area (Å²) in [4.78, 5) is 19.0. The van der Waals surface area contributed by atoms with E-state index in [2.05, 4.69) is 11.6 Å². The highest BCUT2D eigenvalue weighted by Crippen LogP contribution is 2.26. The van der Waals surface area contributed by atoms with Crippen molar-refractivity contribution >= 4 is 17.0 Å². The van der Waals surface area contributed by atoms with E-state index in [9.17, 15) is 4.79 Å². The SMILES string of the molecule is C=CCN(C(=O)c1cc2nc(C)ccc2o1)C1CCCC1. The number of carbonyl (C=O) groups is 1. The van der Waals surface area contributed by atoms with Crippen LogP contribution in [-0.2, 0) is 0 Å². The minimum atomic E-state index is -0.0579. The summed E-state index contributed by atoms with van der Waals surface area (Å²) in [5.41, 5.74) is 2.32. The number of rotatable bonds is 4. The van der Waals surface area contributed by atoms with Crippen LogP contribution in [0.2, 0.25) is 0 Å². The van der Waals surface area contributed by atoms with Crippen molar-refractivity contribution in [2.75, 3.05) is 6.54 Å². The second-order valence-electron chi connectivity index (χ2n) is 5.63. The van der Waals surface area contributed by atoms with Crippen molar-refractivity contribution in [1.29, 1.82) is 0 Å². The van der Waals surface area contributed by atoms with Crippen molar-refractivity contribution in [1.82, 2.24) is 9.88 Å². The van der Waals surface area contributed by atoms with Gasteiger partial charge in [0, 0.05) is 24.3 Å². The summed E-state index contributed by atoms with van der Waals surface area (Å²) >= 11 is 0. The molecule has 0 unspecified atom stereocenters. The van der Waals surface area contributed by atoms with Gasteiger partial charge in [-0.25, -0.2) is 4.98 Å². The Hall–Kier alpha value is -2.10. The van der Waals surface area contributed by atoms with E-state index in [4.69, 9.17) is 4.42 Å². The van der Waals surface area contributed by atoms with Crippen LogP contribution < -0.4 is 0 Å². The predicted molar refractivity (Wildman–Crippen MR) is 82.2 cm³/mol. The Kier molecular flexibility index (Phi) is 3.78. The molecule has 1 amide bonds. The Morgan fingerprint density at radius 1 is 1.48 bits per heavy atom. The summed E-state index contributed by atoms with van der Waals surface area (Å²) in [7, 11) is 0. The van der Waals surface area contributed by atoms with Gasteiger partial charge in [0.25, 0.3) is 5.91 Å². The highest BCUT2D eigenvalue weighted by atomic mass is 16.3. The Bertz CT molecular complexity index is 668. The fourth-order valence-corrected chi connectivity index (χ4v) is 3.03.